The summed E-state index contributed by atoms with van der Waals surface area (Å²) in [7, 11) is 1.70. The van der Waals surface area contributed by atoms with Gasteiger partial charge in [-0.1, -0.05) is 6.07 Å². The van der Waals surface area contributed by atoms with Crippen LogP contribution < -0.4 is 16.6 Å². The van der Waals surface area contributed by atoms with Gasteiger partial charge in [-0.05, 0) is 31.0 Å². The second kappa shape index (κ2) is 6.49. The van der Waals surface area contributed by atoms with Gasteiger partial charge in [0, 0.05) is 26.3 Å². The van der Waals surface area contributed by atoms with E-state index < -0.39 is 0 Å². The number of anilines is 1. The van der Waals surface area contributed by atoms with Crippen LogP contribution in [0.5, 0.6) is 0 Å². The van der Waals surface area contributed by atoms with E-state index in [1.807, 2.05) is 18.3 Å². The lowest BCUT2D eigenvalue weighted by Gasteiger charge is -2.31. The highest BCUT2D eigenvalue weighted by Gasteiger charge is 2.24. The predicted molar refractivity (Wildman–Crippen MR) is 74.1 cm³/mol. The van der Waals surface area contributed by atoms with Gasteiger partial charge in [0.15, 0.2) is 0 Å². The average Bonchev–Trinajstić information content (AvgIpc) is 2.47. The number of nitrogen functional groups attached to an aromatic ring is 1. The summed E-state index contributed by atoms with van der Waals surface area (Å²) < 4.78 is 0. The monoisotopic (exact) mass is 263 g/mol. The molecule has 1 aliphatic heterocycles. The van der Waals surface area contributed by atoms with Crippen molar-refractivity contribution >= 4 is 11.7 Å². The van der Waals surface area contributed by atoms with E-state index >= 15 is 0 Å². The molecule has 1 aromatic rings. The van der Waals surface area contributed by atoms with Crippen molar-refractivity contribution in [2.24, 2.45) is 11.8 Å². The van der Waals surface area contributed by atoms with Crippen molar-refractivity contribution in [1.82, 2.24) is 15.2 Å². The molecule has 1 unspecified atom stereocenters. The largest absolute Gasteiger partial charge is 0.359 e. The van der Waals surface area contributed by atoms with Gasteiger partial charge in [0.25, 0.3) is 0 Å². The molecule has 1 saturated heterocycles. The summed E-state index contributed by atoms with van der Waals surface area (Å²) in [6.07, 6.45) is 3.86. The number of pyridine rings is 1. The Balaban J connectivity index is 1.92. The molecule has 2 rings (SSSR count). The van der Waals surface area contributed by atoms with Crippen LogP contribution in [0.15, 0.2) is 18.3 Å². The van der Waals surface area contributed by atoms with Crippen molar-refractivity contribution in [3.8, 4) is 0 Å². The van der Waals surface area contributed by atoms with Crippen LogP contribution >= 0.6 is 0 Å². The SMILES string of the molecule is CNC(=O)C1CCCN(Cc2ccc(NN)nc2)C1. The van der Waals surface area contributed by atoms with Crippen LogP contribution in [0.3, 0.4) is 0 Å². The summed E-state index contributed by atoms with van der Waals surface area (Å²) in [6.45, 7) is 2.67. The first-order valence-electron chi connectivity index (χ1n) is 6.58. The number of piperidine rings is 1. The normalized spacial score (nSPS) is 20.0. The lowest BCUT2D eigenvalue weighted by molar-refractivity contribution is -0.126. The summed E-state index contributed by atoms with van der Waals surface area (Å²) in [6, 6.07) is 3.86. The standard InChI is InChI=1S/C13H21N5O/c1-15-13(19)11-3-2-6-18(9-11)8-10-4-5-12(17-14)16-7-10/h4-5,7,11H,2-3,6,8-9,14H2,1H3,(H,15,19)(H,16,17). The van der Waals surface area contributed by atoms with Crippen LogP contribution in [0.4, 0.5) is 5.82 Å². The molecule has 1 fully saturated rings. The lowest BCUT2D eigenvalue weighted by Crippen LogP contribution is -2.41. The first-order chi connectivity index (χ1) is 9.22. The second-order valence-corrected chi connectivity index (χ2v) is 4.88. The number of likely N-dealkylation sites (tertiary alicyclic amines) is 1. The zero-order valence-electron chi connectivity index (χ0n) is 11.2. The molecule has 0 aliphatic carbocycles. The number of hydrazine groups is 1. The fourth-order valence-electron chi connectivity index (χ4n) is 2.48. The van der Waals surface area contributed by atoms with Gasteiger partial charge in [-0.15, -0.1) is 0 Å². The van der Waals surface area contributed by atoms with Gasteiger partial charge in [0.2, 0.25) is 5.91 Å². The molecule has 1 aromatic heterocycles. The summed E-state index contributed by atoms with van der Waals surface area (Å²) in [5.74, 6) is 6.19. The highest BCUT2D eigenvalue weighted by atomic mass is 16.1. The number of aromatic nitrogens is 1. The van der Waals surface area contributed by atoms with E-state index in [1.165, 1.54) is 0 Å². The van der Waals surface area contributed by atoms with Gasteiger partial charge in [0.1, 0.15) is 5.82 Å². The van der Waals surface area contributed by atoms with Gasteiger partial charge in [0.05, 0.1) is 5.92 Å². The maximum atomic E-state index is 11.7. The number of nitrogens with one attached hydrogen (secondary N) is 2. The van der Waals surface area contributed by atoms with E-state index in [1.54, 1.807) is 7.05 Å². The third-order valence-electron chi connectivity index (χ3n) is 3.50. The molecule has 0 saturated carbocycles. The first-order valence-corrected chi connectivity index (χ1v) is 6.58. The van der Waals surface area contributed by atoms with Gasteiger partial charge in [-0.2, -0.15) is 0 Å². The Morgan fingerprint density at radius 3 is 3.05 bits per heavy atom. The van der Waals surface area contributed by atoms with Crippen LogP contribution in [0.1, 0.15) is 18.4 Å². The molecule has 6 nitrogen and oxygen atoms in total. The van der Waals surface area contributed by atoms with E-state index in [0.717, 1.165) is 38.0 Å². The highest BCUT2D eigenvalue weighted by Crippen LogP contribution is 2.18. The Morgan fingerprint density at radius 1 is 1.58 bits per heavy atom. The van der Waals surface area contributed by atoms with Crippen LogP contribution in [0.25, 0.3) is 0 Å². The number of carbonyl (C=O) groups excluding carboxylic acids is 1. The Labute approximate surface area is 113 Å². The van der Waals surface area contributed by atoms with E-state index in [4.69, 9.17) is 5.84 Å². The van der Waals surface area contributed by atoms with E-state index in [2.05, 4.69) is 20.6 Å². The lowest BCUT2D eigenvalue weighted by atomic mass is 9.97. The van der Waals surface area contributed by atoms with Gasteiger partial charge in [-0.25, -0.2) is 10.8 Å². The third-order valence-corrected chi connectivity index (χ3v) is 3.50. The molecule has 2 heterocycles. The summed E-state index contributed by atoms with van der Waals surface area (Å²) in [5.41, 5.74) is 3.65. The maximum Gasteiger partial charge on any atom is 0.224 e. The predicted octanol–water partition coefficient (Wildman–Crippen LogP) is 0.325. The molecule has 0 bridgehead atoms. The zero-order valence-corrected chi connectivity index (χ0v) is 11.2. The number of carbonyl (C=O) groups is 1. The molecule has 0 radical (unpaired) electrons. The first kappa shape index (κ1) is 13.8. The Morgan fingerprint density at radius 2 is 2.42 bits per heavy atom. The number of hydrogen-bond acceptors (Lipinski definition) is 5. The molecule has 0 spiro atoms. The molecule has 1 aliphatic rings. The van der Waals surface area contributed by atoms with Gasteiger partial charge >= 0.3 is 0 Å². The number of nitrogens with two attached hydrogens (primary N) is 1. The summed E-state index contributed by atoms with van der Waals surface area (Å²) in [5, 5.41) is 2.73. The van der Waals surface area contributed by atoms with E-state index in [-0.39, 0.29) is 11.8 Å². The Hall–Kier alpha value is -1.66. The molecular formula is C13H21N5O. The molecule has 104 valence electrons. The molecule has 0 aromatic carbocycles. The fourth-order valence-corrected chi connectivity index (χ4v) is 2.48. The maximum absolute atomic E-state index is 11.7. The minimum Gasteiger partial charge on any atom is -0.359 e. The average molecular weight is 263 g/mol. The smallest absolute Gasteiger partial charge is 0.224 e. The molecule has 4 N–H and O–H groups in total. The molecule has 1 amide bonds. The van der Waals surface area contributed by atoms with E-state index in [9.17, 15) is 4.79 Å². The van der Waals surface area contributed by atoms with Crippen molar-refractivity contribution in [2.45, 2.75) is 19.4 Å². The topological polar surface area (TPSA) is 83.3 Å². The molecule has 6 heteroatoms. The zero-order chi connectivity index (χ0) is 13.7. The number of nitrogens with zero attached hydrogens (tertiary/aromatic N) is 2. The highest BCUT2D eigenvalue weighted by molar-refractivity contribution is 5.78. The third kappa shape index (κ3) is 3.65. The molecule has 19 heavy (non-hydrogen) atoms. The fraction of sp³-hybridized carbons (Fsp3) is 0.538. The number of amides is 1. The molecule has 1 atom stereocenters. The van der Waals surface area contributed by atoms with Crippen molar-refractivity contribution in [2.75, 3.05) is 25.6 Å². The Kier molecular flexibility index (Phi) is 4.70. The van der Waals surface area contributed by atoms with Crippen LogP contribution in [-0.2, 0) is 11.3 Å². The van der Waals surface area contributed by atoms with Crippen molar-refractivity contribution < 1.29 is 4.79 Å². The minimum absolute atomic E-state index is 0.108. The van der Waals surface area contributed by atoms with Crippen LogP contribution in [0, 0.1) is 5.92 Å². The minimum atomic E-state index is 0.108. The summed E-state index contributed by atoms with van der Waals surface area (Å²) >= 11 is 0. The second-order valence-electron chi connectivity index (χ2n) is 4.88. The van der Waals surface area contributed by atoms with Gasteiger partial charge in [-0.3, -0.25) is 9.69 Å². The van der Waals surface area contributed by atoms with Crippen LogP contribution in [-0.4, -0.2) is 35.9 Å². The number of hydrogen-bond donors (Lipinski definition) is 3. The van der Waals surface area contributed by atoms with Crippen molar-refractivity contribution in [3.63, 3.8) is 0 Å². The van der Waals surface area contributed by atoms with E-state index in [0.29, 0.717) is 5.82 Å². The van der Waals surface area contributed by atoms with Crippen molar-refractivity contribution in [1.29, 1.82) is 0 Å². The van der Waals surface area contributed by atoms with Gasteiger partial charge < -0.3 is 10.7 Å². The Bertz CT molecular complexity index is 420. The molecular weight excluding hydrogens is 242 g/mol. The van der Waals surface area contributed by atoms with Crippen molar-refractivity contribution in [3.05, 3.63) is 23.9 Å². The summed E-state index contributed by atoms with van der Waals surface area (Å²) in [4.78, 5) is 18.2. The number of rotatable bonds is 4. The van der Waals surface area contributed by atoms with Crippen LogP contribution in [0.2, 0.25) is 0 Å². The quantitative estimate of drug-likeness (QED) is 0.538.